The lowest BCUT2D eigenvalue weighted by molar-refractivity contribution is 0.632. The first-order valence-electron chi connectivity index (χ1n) is 6.34. The van der Waals surface area contributed by atoms with Crippen LogP contribution in [0.3, 0.4) is 0 Å². The number of nitrogens with one attached hydrogen (secondary N) is 1. The third-order valence-electron chi connectivity index (χ3n) is 2.42. The van der Waals surface area contributed by atoms with E-state index in [0.29, 0.717) is 0 Å². The summed E-state index contributed by atoms with van der Waals surface area (Å²) in [6, 6.07) is 2.03. The quantitative estimate of drug-likeness (QED) is 0.595. The zero-order valence-corrected chi connectivity index (χ0v) is 12.1. The second kappa shape index (κ2) is 7.54. The van der Waals surface area contributed by atoms with Gasteiger partial charge >= 0.3 is 0 Å². The molecule has 0 fully saturated rings. The van der Waals surface area contributed by atoms with Gasteiger partial charge in [-0.25, -0.2) is 9.97 Å². The van der Waals surface area contributed by atoms with E-state index in [-0.39, 0.29) is 0 Å². The van der Waals surface area contributed by atoms with Crippen molar-refractivity contribution in [1.82, 2.24) is 9.97 Å². The first-order chi connectivity index (χ1) is 8.15. The van der Waals surface area contributed by atoms with Crippen LogP contribution in [-0.2, 0) is 6.42 Å². The minimum atomic E-state index is 0.753. The van der Waals surface area contributed by atoms with Crippen LogP contribution in [0, 0.1) is 5.92 Å². The molecule has 0 spiro atoms. The van der Waals surface area contributed by atoms with Crippen LogP contribution in [0.5, 0.6) is 0 Å². The Kier molecular flexibility index (Phi) is 6.34. The molecule has 1 aromatic heterocycles. The highest BCUT2D eigenvalue weighted by Gasteiger charge is 2.04. The van der Waals surface area contributed by atoms with Gasteiger partial charge in [-0.2, -0.15) is 0 Å². The largest absolute Gasteiger partial charge is 0.373 e. The van der Waals surface area contributed by atoms with Gasteiger partial charge < -0.3 is 5.32 Å². The standard InChI is InChI=1S/C13H23N3S/c1-5-6-11-15-12(14-4)9-13(16-11)17-8-7-10(2)3/h9-10H,5-8H2,1-4H3,(H,14,15,16). The molecule has 3 nitrogen and oxygen atoms in total. The second-order valence-corrected chi connectivity index (χ2v) is 5.65. The lowest BCUT2D eigenvalue weighted by Crippen LogP contribution is -2.01. The Balaban J connectivity index is 2.66. The second-order valence-electron chi connectivity index (χ2n) is 4.54. The van der Waals surface area contributed by atoms with E-state index in [2.05, 4.69) is 36.1 Å². The molecule has 0 unspecified atom stereocenters. The van der Waals surface area contributed by atoms with Crippen molar-refractivity contribution in [2.45, 2.75) is 45.1 Å². The molecule has 0 aliphatic rings. The van der Waals surface area contributed by atoms with Gasteiger partial charge in [0.2, 0.25) is 0 Å². The van der Waals surface area contributed by atoms with E-state index in [1.54, 1.807) is 0 Å². The van der Waals surface area contributed by atoms with Crippen LogP contribution < -0.4 is 5.32 Å². The Labute approximate surface area is 109 Å². The van der Waals surface area contributed by atoms with Gasteiger partial charge in [0.25, 0.3) is 0 Å². The summed E-state index contributed by atoms with van der Waals surface area (Å²) in [5.74, 6) is 3.76. The summed E-state index contributed by atoms with van der Waals surface area (Å²) in [7, 11) is 1.90. The normalized spacial score (nSPS) is 10.9. The molecule has 96 valence electrons. The molecule has 1 rings (SSSR count). The summed E-state index contributed by atoms with van der Waals surface area (Å²) >= 11 is 1.83. The average molecular weight is 253 g/mol. The highest BCUT2D eigenvalue weighted by atomic mass is 32.2. The number of hydrogen-bond acceptors (Lipinski definition) is 4. The number of hydrogen-bond donors (Lipinski definition) is 1. The van der Waals surface area contributed by atoms with E-state index in [0.717, 1.165) is 41.2 Å². The molecule has 1 aromatic rings. The SMILES string of the molecule is CCCc1nc(NC)cc(SCCC(C)C)n1. The molecule has 0 aromatic carbocycles. The Hall–Kier alpha value is -0.770. The fourth-order valence-corrected chi connectivity index (χ4v) is 2.57. The molecule has 1 heterocycles. The molecule has 0 aliphatic heterocycles. The molecule has 0 bridgehead atoms. The monoisotopic (exact) mass is 253 g/mol. The van der Waals surface area contributed by atoms with Crippen LogP contribution in [0.25, 0.3) is 0 Å². The van der Waals surface area contributed by atoms with Crippen LogP contribution >= 0.6 is 11.8 Å². The van der Waals surface area contributed by atoms with Crippen molar-refractivity contribution in [3.8, 4) is 0 Å². The van der Waals surface area contributed by atoms with E-state index in [4.69, 9.17) is 0 Å². The zero-order valence-electron chi connectivity index (χ0n) is 11.3. The molecule has 0 saturated heterocycles. The van der Waals surface area contributed by atoms with Gasteiger partial charge in [0, 0.05) is 19.5 Å². The van der Waals surface area contributed by atoms with E-state index in [9.17, 15) is 0 Å². The molecule has 0 radical (unpaired) electrons. The fourth-order valence-electron chi connectivity index (χ4n) is 1.41. The Bertz CT molecular complexity index is 339. The van der Waals surface area contributed by atoms with Crippen LogP contribution in [0.15, 0.2) is 11.1 Å². The van der Waals surface area contributed by atoms with Gasteiger partial charge in [-0.15, -0.1) is 11.8 Å². The summed E-state index contributed by atoms with van der Waals surface area (Å²) in [4.78, 5) is 9.03. The summed E-state index contributed by atoms with van der Waals surface area (Å²) in [6.07, 6.45) is 3.27. The first kappa shape index (κ1) is 14.3. The molecule has 0 atom stereocenters. The molecular weight excluding hydrogens is 230 g/mol. The molecule has 17 heavy (non-hydrogen) atoms. The van der Waals surface area contributed by atoms with Crippen molar-refractivity contribution < 1.29 is 0 Å². The maximum Gasteiger partial charge on any atom is 0.132 e. The molecule has 4 heteroatoms. The van der Waals surface area contributed by atoms with Crippen molar-refractivity contribution in [2.75, 3.05) is 18.1 Å². The first-order valence-corrected chi connectivity index (χ1v) is 7.32. The Morgan fingerprint density at radius 2 is 2.12 bits per heavy atom. The molecule has 0 amide bonds. The summed E-state index contributed by atoms with van der Waals surface area (Å²) < 4.78 is 0. The minimum absolute atomic E-state index is 0.753. The summed E-state index contributed by atoms with van der Waals surface area (Å²) in [5, 5.41) is 4.19. The maximum absolute atomic E-state index is 4.58. The summed E-state index contributed by atoms with van der Waals surface area (Å²) in [6.45, 7) is 6.66. The predicted octanol–water partition coefficient (Wildman–Crippen LogP) is 3.61. The Morgan fingerprint density at radius 1 is 1.35 bits per heavy atom. The van der Waals surface area contributed by atoms with Crippen LogP contribution in [-0.4, -0.2) is 22.8 Å². The van der Waals surface area contributed by atoms with Gasteiger partial charge in [0.1, 0.15) is 16.7 Å². The number of aromatic nitrogens is 2. The van der Waals surface area contributed by atoms with Gasteiger partial charge in [0.15, 0.2) is 0 Å². The number of nitrogens with zero attached hydrogens (tertiary/aromatic N) is 2. The maximum atomic E-state index is 4.58. The number of aryl methyl sites for hydroxylation is 1. The average Bonchev–Trinajstić information content (AvgIpc) is 2.28. The summed E-state index contributed by atoms with van der Waals surface area (Å²) in [5.41, 5.74) is 0. The van der Waals surface area contributed by atoms with Crippen molar-refractivity contribution in [1.29, 1.82) is 0 Å². The van der Waals surface area contributed by atoms with Gasteiger partial charge in [0.05, 0.1) is 0 Å². The van der Waals surface area contributed by atoms with Crippen molar-refractivity contribution in [3.05, 3.63) is 11.9 Å². The zero-order chi connectivity index (χ0) is 12.7. The van der Waals surface area contributed by atoms with Crippen molar-refractivity contribution in [3.63, 3.8) is 0 Å². The van der Waals surface area contributed by atoms with Gasteiger partial charge in [-0.1, -0.05) is 20.8 Å². The Morgan fingerprint density at radius 3 is 2.71 bits per heavy atom. The molecule has 0 saturated carbocycles. The highest BCUT2D eigenvalue weighted by molar-refractivity contribution is 7.99. The predicted molar refractivity (Wildman–Crippen MR) is 75.8 cm³/mol. The highest BCUT2D eigenvalue weighted by Crippen LogP contribution is 2.21. The number of rotatable bonds is 7. The lowest BCUT2D eigenvalue weighted by atomic mass is 10.2. The topological polar surface area (TPSA) is 37.8 Å². The van der Waals surface area contributed by atoms with Crippen molar-refractivity contribution >= 4 is 17.6 Å². The van der Waals surface area contributed by atoms with E-state index in [1.807, 2.05) is 24.9 Å². The lowest BCUT2D eigenvalue weighted by Gasteiger charge is -2.08. The third-order valence-corrected chi connectivity index (χ3v) is 3.37. The van der Waals surface area contributed by atoms with E-state index >= 15 is 0 Å². The minimum Gasteiger partial charge on any atom is -0.373 e. The van der Waals surface area contributed by atoms with E-state index < -0.39 is 0 Å². The van der Waals surface area contributed by atoms with E-state index in [1.165, 1.54) is 6.42 Å². The fraction of sp³-hybridized carbons (Fsp3) is 0.692. The van der Waals surface area contributed by atoms with Crippen LogP contribution in [0.1, 0.15) is 39.4 Å². The third kappa shape index (κ3) is 5.39. The van der Waals surface area contributed by atoms with Crippen LogP contribution in [0.4, 0.5) is 5.82 Å². The van der Waals surface area contributed by atoms with Crippen molar-refractivity contribution in [2.24, 2.45) is 5.92 Å². The number of anilines is 1. The van der Waals surface area contributed by atoms with Gasteiger partial charge in [-0.3, -0.25) is 0 Å². The van der Waals surface area contributed by atoms with Gasteiger partial charge in [-0.05, 0) is 24.5 Å². The molecular formula is C13H23N3S. The molecule has 0 aliphatic carbocycles. The van der Waals surface area contributed by atoms with Crippen LogP contribution in [0.2, 0.25) is 0 Å². The number of thioether (sulfide) groups is 1. The molecule has 1 N–H and O–H groups in total. The smallest absolute Gasteiger partial charge is 0.132 e.